The number of hydrogen-bond donors (Lipinski definition) is 0. The lowest BCUT2D eigenvalue weighted by atomic mass is 10.1. The van der Waals surface area contributed by atoms with E-state index in [0.29, 0.717) is 19.1 Å². The molecule has 0 bridgehead atoms. The third kappa shape index (κ3) is 2.01. The Morgan fingerprint density at radius 2 is 2.20 bits per heavy atom. The fourth-order valence-electron chi connectivity index (χ4n) is 2.80. The number of carbonyl (C=O) groups excluding carboxylic acids is 1. The van der Waals surface area contributed by atoms with Gasteiger partial charge in [0.2, 0.25) is 0 Å². The second-order valence-corrected chi connectivity index (χ2v) is 5.55. The number of rotatable bonds is 4. The third-order valence-corrected chi connectivity index (χ3v) is 4.07. The summed E-state index contributed by atoms with van der Waals surface area (Å²) in [6.07, 6.45) is 7.71. The molecule has 102 valence electrons. The zero-order valence-electron chi connectivity index (χ0n) is 11.2. The van der Waals surface area contributed by atoms with Gasteiger partial charge in [-0.2, -0.15) is 0 Å². The van der Waals surface area contributed by atoms with Gasteiger partial charge in [-0.15, -0.1) is 0 Å². The quantitative estimate of drug-likeness (QED) is 0.856. The van der Waals surface area contributed by atoms with Gasteiger partial charge < -0.3 is 9.30 Å². The second-order valence-electron chi connectivity index (χ2n) is 5.55. The normalized spacial score (nSPS) is 17.3. The van der Waals surface area contributed by atoms with Gasteiger partial charge in [-0.3, -0.25) is 4.79 Å². The molecule has 4 nitrogen and oxygen atoms in total. The Bertz CT molecular complexity index is 671. The molecule has 0 aliphatic heterocycles. The minimum Gasteiger partial charge on any atom is -0.487 e. The molecule has 1 heterocycles. The molecule has 0 saturated heterocycles. The zero-order valence-corrected chi connectivity index (χ0v) is 11.2. The van der Waals surface area contributed by atoms with Crippen LogP contribution in [0.25, 0.3) is 0 Å². The number of benzene rings is 1. The Balaban J connectivity index is 1.49. The SMILES string of the molecule is O=C1CCc2cc(OCc3cncn3C3CC3)ccc21. The van der Waals surface area contributed by atoms with Gasteiger partial charge in [0.15, 0.2) is 5.78 Å². The average molecular weight is 268 g/mol. The Morgan fingerprint density at radius 1 is 1.30 bits per heavy atom. The fraction of sp³-hybridized carbons (Fsp3) is 0.375. The minimum absolute atomic E-state index is 0.248. The zero-order chi connectivity index (χ0) is 13.5. The van der Waals surface area contributed by atoms with Crippen molar-refractivity contribution >= 4 is 5.78 Å². The van der Waals surface area contributed by atoms with Crippen LogP contribution in [0, 0.1) is 0 Å². The molecule has 0 amide bonds. The van der Waals surface area contributed by atoms with Crippen LogP contribution >= 0.6 is 0 Å². The molecule has 0 N–H and O–H groups in total. The number of fused-ring (bicyclic) bond motifs is 1. The Hall–Kier alpha value is -2.10. The van der Waals surface area contributed by atoms with Crippen molar-refractivity contribution in [3.8, 4) is 5.75 Å². The first-order valence-corrected chi connectivity index (χ1v) is 7.11. The van der Waals surface area contributed by atoms with Crippen LogP contribution in [-0.2, 0) is 13.0 Å². The largest absolute Gasteiger partial charge is 0.487 e. The van der Waals surface area contributed by atoms with Gasteiger partial charge in [-0.05, 0) is 43.0 Å². The van der Waals surface area contributed by atoms with Crippen LogP contribution in [-0.4, -0.2) is 15.3 Å². The Labute approximate surface area is 117 Å². The molecule has 4 heteroatoms. The summed E-state index contributed by atoms with van der Waals surface area (Å²) in [7, 11) is 0. The summed E-state index contributed by atoms with van der Waals surface area (Å²) >= 11 is 0. The summed E-state index contributed by atoms with van der Waals surface area (Å²) in [6, 6.07) is 6.39. The molecule has 1 aromatic carbocycles. The lowest BCUT2D eigenvalue weighted by Crippen LogP contribution is -2.04. The summed E-state index contributed by atoms with van der Waals surface area (Å²) in [4.78, 5) is 15.8. The number of aromatic nitrogens is 2. The van der Waals surface area contributed by atoms with Crippen LogP contribution in [0.3, 0.4) is 0 Å². The number of nitrogens with zero attached hydrogens (tertiary/aromatic N) is 2. The van der Waals surface area contributed by atoms with E-state index in [1.54, 1.807) is 0 Å². The van der Waals surface area contributed by atoms with Crippen molar-refractivity contribution in [2.75, 3.05) is 0 Å². The molecule has 2 aromatic rings. The Morgan fingerprint density at radius 3 is 3.05 bits per heavy atom. The number of ether oxygens (including phenoxy) is 1. The maximum atomic E-state index is 11.6. The van der Waals surface area contributed by atoms with Crippen molar-refractivity contribution in [1.29, 1.82) is 0 Å². The first-order chi connectivity index (χ1) is 9.81. The van der Waals surface area contributed by atoms with Gasteiger partial charge >= 0.3 is 0 Å². The number of Topliss-reactive ketones (excluding diaryl/α,β-unsaturated/α-hetero) is 1. The highest BCUT2D eigenvalue weighted by atomic mass is 16.5. The predicted octanol–water partition coefficient (Wildman–Crippen LogP) is 2.93. The van der Waals surface area contributed by atoms with Crippen LogP contribution in [0.5, 0.6) is 5.75 Å². The number of ketones is 1. The van der Waals surface area contributed by atoms with Crippen LogP contribution < -0.4 is 4.74 Å². The van der Waals surface area contributed by atoms with E-state index in [9.17, 15) is 4.79 Å². The van der Waals surface area contributed by atoms with Crippen molar-refractivity contribution < 1.29 is 9.53 Å². The lowest BCUT2D eigenvalue weighted by molar-refractivity contribution is 0.0994. The molecule has 2 aliphatic carbocycles. The molecule has 2 aliphatic rings. The second kappa shape index (κ2) is 4.47. The van der Waals surface area contributed by atoms with Crippen LogP contribution in [0.1, 0.15) is 46.9 Å². The van der Waals surface area contributed by atoms with E-state index < -0.39 is 0 Å². The molecule has 1 aromatic heterocycles. The lowest BCUT2D eigenvalue weighted by Gasteiger charge is -2.09. The van der Waals surface area contributed by atoms with Gasteiger partial charge in [0.05, 0.1) is 18.2 Å². The molecular formula is C16H16N2O2. The molecule has 0 atom stereocenters. The van der Waals surface area contributed by atoms with Crippen molar-refractivity contribution in [3.05, 3.63) is 47.5 Å². The molecule has 1 fully saturated rings. The number of hydrogen-bond acceptors (Lipinski definition) is 3. The summed E-state index contributed by atoms with van der Waals surface area (Å²) in [5.74, 6) is 1.08. The Kier molecular flexibility index (Phi) is 2.62. The van der Waals surface area contributed by atoms with E-state index >= 15 is 0 Å². The molecule has 0 radical (unpaired) electrons. The molecule has 0 spiro atoms. The first kappa shape index (κ1) is 11.7. The fourth-order valence-corrected chi connectivity index (χ4v) is 2.80. The third-order valence-electron chi connectivity index (χ3n) is 4.07. The highest BCUT2D eigenvalue weighted by Crippen LogP contribution is 2.35. The molecule has 4 rings (SSSR count). The van der Waals surface area contributed by atoms with Crippen LogP contribution in [0.15, 0.2) is 30.7 Å². The minimum atomic E-state index is 0.248. The number of imidazole rings is 1. The van der Waals surface area contributed by atoms with E-state index in [4.69, 9.17) is 4.74 Å². The average Bonchev–Trinajstić information content (AvgIpc) is 3.09. The van der Waals surface area contributed by atoms with Crippen molar-refractivity contribution in [2.45, 2.75) is 38.3 Å². The van der Waals surface area contributed by atoms with Gasteiger partial charge in [0.25, 0.3) is 0 Å². The smallest absolute Gasteiger partial charge is 0.163 e. The molecule has 0 unspecified atom stereocenters. The summed E-state index contributed by atoms with van der Waals surface area (Å²) in [5.41, 5.74) is 3.09. The van der Waals surface area contributed by atoms with E-state index in [0.717, 1.165) is 29.0 Å². The predicted molar refractivity (Wildman–Crippen MR) is 73.9 cm³/mol. The topological polar surface area (TPSA) is 44.1 Å². The van der Waals surface area contributed by atoms with E-state index in [1.165, 1.54) is 12.8 Å². The van der Waals surface area contributed by atoms with E-state index in [1.807, 2.05) is 30.7 Å². The molecule has 1 saturated carbocycles. The number of carbonyl (C=O) groups is 1. The van der Waals surface area contributed by atoms with Gasteiger partial charge in [-0.25, -0.2) is 4.98 Å². The summed E-state index contributed by atoms with van der Waals surface area (Å²) in [6.45, 7) is 0.531. The highest BCUT2D eigenvalue weighted by Gasteiger charge is 2.25. The summed E-state index contributed by atoms with van der Waals surface area (Å²) in [5, 5.41) is 0. The van der Waals surface area contributed by atoms with Crippen LogP contribution in [0.4, 0.5) is 0 Å². The first-order valence-electron chi connectivity index (χ1n) is 7.11. The van der Waals surface area contributed by atoms with Crippen molar-refractivity contribution in [1.82, 2.24) is 9.55 Å². The maximum absolute atomic E-state index is 11.6. The molecule has 20 heavy (non-hydrogen) atoms. The van der Waals surface area contributed by atoms with E-state index in [-0.39, 0.29) is 5.78 Å². The van der Waals surface area contributed by atoms with Crippen molar-refractivity contribution in [2.24, 2.45) is 0 Å². The van der Waals surface area contributed by atoms with Crippen LogP contribution in [0.2, 0.25) is 0 Å². The van der Waals surface area contributed by atoms with Gasteiger partial charge in [0, 0.05) is 18.0 Å². The van der Waals surface area contributed by atoms with E-state index in [2.05, 4.69) is 9.55 Å². The maximum Gasteiger partial charge on any atom is 0.163 e. The standard InChI is InChI=1S/C16H16N2O2/c19-16-6-1-11-7-14(4-5-15(11)16)20-9-13-8-17-10-18(13)12-2-3-12/h4-5,7-8,10,12H,1-3,6,9H2. The van der Waals surface area contributed by atoms with Crippen molar-refractivity contribution in [3.63, 3.8) is 0 Å². The number of aryl methyl sites for hydroxylation is 1. The monoisotopic (exact) mass is 268 g/mol. The van der Waals surface area contributed by atoms with Gasteiger partial charge in [0.1, 0.15) is 12.4 Å². The summed E-state index contributed by atoms with van der Waals surface area (Å²) < 4.78 is 8.06. The molecular weight excluding hydrogens is 252 g/mol. The highest BCUT2D eigenvalue weighted by molar-refractivity contribution is 6.00. The van der Waals surface area contributed by atoms with Gasteiger partial charge in [-0.1, -0.05) is 0 Å².